The fraction of sp³-hybridized carbons (Fsp3) is 0.462. The van der Waals surface area contributed by atoms with Gasteiger partial charge in [-0.3, -0.25) is 4.98 Å². The van der Waals surface area contributed by atoms with Gasteiger partial charge in [0.2, 0.25) is 11.7 Å². The Morgan fingerprint density at radius 3 is 2.83 bits per heavy atom. The Bertz CT molecular complexity index is 521. The first-order chi connectivity index (χ1) is 8.63. The summed E-state index contributed by atoms with van der Waals surface area (Å²) in [5.41, 5.74) is 7.92. The van der Waals surface area contributed by atoms with Gasteiger partial charge in [-0.2, -0.15) is 4.98 Å². The summed E-state index contributed by atoms with van der Waals surface area (Å²) >= 11 is 0. The molecule has 2 aromatic rings. The van der Waals surface area contributed by atoms with E-state index in [0.29, 0.717) is 11.7 Å². The molecule has 5 nitrogen and oxygen atoms in total. The lowest BCUT2D eigenvalue weighted by Crippen LogP contribution is -2.22. The van der Waals surface area contributed by atoms with Gasteiger partial charge in [0, 0.05) is 24.0 Å². The van der Waals surface area contributed by atoms with Crippen LogP contribution >= 0.6 is 0 Å². The Morgan fingerprint density at radius 1 is 1.39 bits per heavy atom. The summed E-state index contributed by atoms with van der Waals surface area (Å²) in [6.45, 7) is 5.99. The number of rotatable bonds is 4. The van der Waals surface area contributed by atoms with Gasteiger partial charge in [-0.05, 0) is 25.0 Å². The molecule has 0 aliphatic rings. The molecule has 0 aromatic carbocycles. The minimum atomic E-state index is -0.0126. The fourth-order valence-electron chi connectivity index (χ4n) is 1.68. The molecule has 0 aliphatic heterocycles. The first-order valence-corrected chi connectivity index (χ1v) is 6.16. The SMILES string of the molecule is CCc1cnccc1-c1noc(C(C)C(C)N)n1. The molecule has 0 bridgehead atoms. The summed E-state index contributed by atoms with van der Waals surface area (Å²) in [7, 11) is 0. The van der Waals surface area contributed by atoms with Crippen molar-refractivity contribution in [2.75, 3.05) is 0 Å². The van der Waals surface area contributed by atoms with E-state index in [1.807, 2.05) is 26.1 Å². The number of hydrogen-bond donors (Lipinski definition) is 1. The number of hydrogen-bond acceptors (Lipinski definition) is 5. The van der Waals surface area contributed by atoms with Crippen LogP contribution < -0.4 is 5.73 Å². The summed E-state index contributed by atoms with van der Waals surface area (Å²) in [5.74, 6) is 1.24. The predicted molar refractivity (Wildman–Crippen MR) is 69.0 cm³/mol. The zero-order valence-electron chi connectivity index (χ0n) is 10.9. The van der Waals surface area contributed by atoms with Crippen LogP contribution in [0.4, 0.5) is 0 Å². The van der Waals surface area contributed by atoms with E-state index in [1.54, 1.807) is 6.20 Å². The van der Waals surface area contributed by atoms with Crippen LogP contribution in [-0.2, 0) is 6.42 Å². The summed E-state index contributed by atoms with van der Waals surface area (Å²) in [4.78, 5) is 8.53. The number of aryl methyl sites for hydroxylation is 1. The molecule has 0 saturated carbocycles. The monoisotopic (exact) mass is 246 g/mol. The van der Waals surface area contributed by atoms with Gasteiger partial charge in [0.05, 0.1) is 5.92 Å². The number of nitrogens with zero attached hydrogens (tertiary/aromatic N) is 3. The lowest BCUT2D eigenvalue weighted by molar-refractivity contribution is 0.346. The van der Waals surface area contributed by atoms with Crippen LogP contribution in [0.2, 0.25) is 0 Å². The molecule has 2 aromatic heterocycles. The Kier molecular flexibility index (Phi) is 3.72. The molecule has 96 valence electrons. The first-order valence-electron chi connectivity index (χ1n) is 6.16. The van der Waals surface area contributed by atoms with Gasteiger partial charge in [0.25, 0.3) is 0 Å². The van der Waals surface area contributed by atoms with Crippen LogP contribution in [0.3, 0.4) is 0 Å². The number of aromatic nitrogens is 3. The van der Waals surface area contributed by atoms with Crippen molar-refractivity contribution >= 4 is 0 Å². The lowest BCUT2D eigenvalue weighted by atomic mass is 10.0. The van der Waals surface area contributed by atoms with E-state index in [-0.39, 0.29) is 12.0 Å². The van der Waals surface area contributed by atoms with Crippen molar-refractivity contribution in [3.8, 4) is 11.4 Å². The van der Waals surface area contributed by atoms with E-state index in [2.05, 4.69) is 22.0 Å². The van der Waals surface area contributed by atoms with Crippen molar-refractivity contribution in [1.29, 1.82) is 0 Å². The van der Waals surface area contributed by atoms with Gasteiger partial charge in [-0.15, -0.1) is 0 Å². The minimum Gasteiger partial charge on any atom is -0.339 e. The van der Waals surface area contributed by atoms with Crippen molar-refractivity contribution < 1.29 is 4.52 Å². The second-order valence-corrected chi connectivity index (χ2v) is 4.49. The maximum atomic E-state index is 5.83. The second-order valence-electron chi connectivity index (χ2n) is 4.49. The third kappa shape index (κ3) is 2.41. The summed E-state index contributed by atoms with van der Waals surface area (Å²) in [6, 6.07) is 1.89. The zero-order valence-corrected chi connectivity index (χ0v) is 10.9. The van der Waals surface area contributed by atoms with E-state index >= 15 is 0 Å². The van der Waals surface area contributed by atoms with E-state index in [4.69, 9.17) is 10.3 Å². The summed E-state index contributed by atoms with van der Waals surface area (Å²) in [5, 5.41) is 4.03. The van der Waals surface area contributed by atoms with E-state index in [0.717, 1.165) is 17.5 Å². The summed E-state index contributed by atoms with van der Waals surface area (Å²) in [6.07, 6.45) is 4.45. The lowest BCUT2D eigenvalue weighted by Gasteiger charge is -2.09. The zero-order chi connectivity index (χ0) is 13.1. The molecule has 0 spiro atoms. The molecule has 18 heavy (non-hydrogen) atoms. The average molecular weight is 246 g/mol. The molecule has 2 unspecified atom stereocenters. The Hall–Kier alpha value is -1.75. The number of pyridine rings is 1. The smallest absolute Gasteiger partial charge is 0.231 e. The van der Waals surface area contributed by atoms with Gasteiger partial charge in [-0.1, -0.05) is 19.0 Å². The largest absolute Gasteiger partial charge is 0.339 e. The molecule has 0 saturated heterocycles. The second kappa shape index (κ2) is 5.27. The van der Waals surface area contributed by atoms with Gasteiger partial charge >= 0.3 is 0 Å². The van der Waals surface area contributed by atoms with E-state index < -0.39 is 0 Å². The average Bonchev–Trinajstić information content (AvgIpc) is 2.87. The van der Waals surface area contributed by atoms with Crippen LogP contribution in [-0.4, -0.2) is 21.2 Å². The minimum absolute atomic E-state index is 0.0126. The third-order valence-electron chi connectivity index (χ3n) is 3.15. The van der Waals surface area contributed by atoms with Crippen LogP contribution in [0.5, 0.6) is 0 Å². The van der Waals surface area contributed by atoms with Crippen LogP contribution in [0, 0.1) is 0 Å². The third-order valence-corrected chi connectivity index (χ3v) is 3.15. The first kappa shape index (κ1) is 12.7. The Balaban J connectivity index is 2.35. The van der Waals surface area contributed by atoms with Crippen molar-refractivity contribution in [2.24, 2.45) is 5.73 Å². The molecule has 2 heterocycles. The van der Waals surface area contributed by atoms with Crippen LogP contribution in [0.25, 0.3) is 11.4 Å². The summed E-state index contributed by atoms with van der Waals surface area (Å²) < 4.78 is 5.28. The maximum absolute atomic E-state index is 5.83. The molecule has 0 radical (unpaired) electrons. The van der Waals surface area contributed by atoms with Gasteiger partial charge in [0.15, 0.2) is 0 Å². The maximum Gasteiger partial charge on any atom is 0.231 e. The fourth-order valence-corrected chi connectivity index (χ4v) is 1.68. The van der Waals surface area contributed by atoms with Crippen molar-refractivity contribution in [2.45, 2.75) is 39.2 Å². The normalized spacial score (nSPS) is 14.4. The highest BCUT2D eigenvalue weighted by molar-refractivity contribution is 5.58. The molecular weight excluding hydrogens is 228 g/mol. The van der Waals surface area contributed by atoms with E-state index in [9.17, 15) is 0 Å². The highest BCUT2D eigenvalue weighted by Crippen LogP contribution is 2.23. The molecule has 0 amide bonds. The van der Waals surface area contributed by atoms with Crippen molar-refractivity contribution in [1.82, 2.24) is 15.1 Å². The molecule has 2 N–H and O–H groups in total. The van der Waals surface area contributed by atoms with Gasteiger partial charge in [-0.25, -0.2) is 0 Å². The van der Waals surface area contributed by atoms with E-state index in [1.165, 1.54) is 0 Å². The number of nitrogens with two attached hydrogens (primary N) is 1. The molecule has 2 rings (SSSR count). The topological polar surface area (TPSA) is 77.8 Å². The Labute approximate surface area is 106 Å². The van der Waals surface area contributed by atoms with Crippen molar-refractivity contribution in [3.05, 3.63) is 29.9 Å². The predicted octanol–water partition coefficient (Wildman–Crippen LogP) is 2.14. The molecule has 0 fully saturated rings. The van der Waals surface area contributed by atoms with Crippen LogP contribution in [0.1, 0.15) is 38.1 Å². The van der Waals surface area contributed by atoms with Gasteiger partial charge < -0.3 is 10.3 Å². The van der Waals surface area contributed by atoms with Crippen LogP contribution in [0.15, 0.2) is 23.0 Å². The molecule has 0 aliphatic carbocycles. The molecular formula is C13H18N4O. The van der Waals surface area contributed by atoms with Crippen molar-refractivity contribution in [3.63, 3.8) is 0 Å². The molecule has 2 atom stereocenters. The highest BCUT2D eigenvalue weighted by Gasteiger charge is 2.19. The highest BCUT2D eigenvalue weighted by atomic mass is 16.5. The standard InChI is InChI=1S/C13H18N4O/c1-4-10-7-15-6-5-11(10)12-16-13(18-17-12)8(2)9(3)14/h5-9H,4,14H2,1-3H3. The molecule has 5 heteroatoms. The Morgan fingerprint density at radius 2 is 2.17 bits per heavy atom. The quantitative estimate of drug-likeness (QED) is 0.894. The van der Waals surface area contributed by atoms with Gasteiger partial charge in [0.1, 0.15) is 0 Å².